The van der Waals surface area contributed by atoms with Crippen molar-refractivity contribution >= 4 is 0 Å². The molecule has 5 nitrogen and oxygen atoms in total. The maximum atomic E-state index is 12.0. The van der Waals surface area contributed by atoms with Crippen molar-refractivity contribution in [2.45, 2.75) is 32.9 Å². The van der Waals surface area contributed by atoms with Gasteiger partial charge in [0.15, 0.2) is 0 Å². The fraction of sp³-hybridized carbons (Fsp3) is 0.300. The lowest BCUT2D eigenvalue weighted by atomic mass is 10.1. The summed E-state index contributed by atoms with van der Waals surface area (Å²) in [6.45, 7) is 6.00. The molecule has 130 valence electrons. The molecule has 1 aromatic carbocycles. The fourth-order valence-corrected chi connectivity index (χ4v) is 2.75. The largest absolute Gasteiger partial charge is 0.490 e. The van der Waals surface area contributed by atoms with Gasteiger partial charge in [-0.2, -0.15) is 5.10 Å². The van der Waals surface area contributed by atoms with E-state index in [1.807, 2.05) is 49.1 Å². The second-order valence-electron chi connectivity index (χ2n) is 6.46. The van der Waals surface area contributed by atoms with E-state index < -0.39 is 0 Å². The molecule has 2 heterocycles. The van der Waals surface area contributed by atoms with E-state index in [1.54, 1.807) is 17.8 Å². The summed E-state index contributed by atoms with van der Waals surface area (Å²) in [6.07, 6.45) is 5.59. The van der Waals surface area contributed by atoms with Gasteiger partial charge in [-0.3, -0.25) is 9.48 Å². The summed E-state index contributed by atoms with van der Waals surface area (Å²) in [5.41, 5.74) is 2.89. The summed E-state index contributed by atoms with van der Waals surface area (Å²) in [5, 5.41) is 4.51. The van der Waals surface area contributed by atoms with E-state index in [9.17, 15) is 4.79 Å². The van der Waals surface area contributed by atoms with Crippen molar-refractivity contribution in [2.75, 3.05) is 0 Å². The molecule has 0 amide bonds. The molecule has 1 atom stereocenters. The molecule has 3 rings (SSSR count). The predicted molar refractivity (Wildman–Crippen MR) is 98.9 cm³/mol. The van der Waals surface area contributed by atoms with Gasteiger partial charge in [-0.25, -0.2) is 0 Å². The predicted octanol–water partition coefficient (Wildman–Crippen LogP) is 3.65. The average molecular weight is 337 g/mol. The quantitative estimate of drug-likeness (QED) is 0.714. The highest BCUT2D eigenvalue weighted by Crippen LogP contribution is 2.30. The van der Waals surface area contributed by atoms with E-state index in [0.29, 0.717) is 5.75 Å². The van der Waals surface area contributed by atoms with Crippen LogP contribution in [0.3, 0.4) is 0 Å². The Balaban J connectivity index is 1.99. The van der Waals surface area contributed by atoms with Crippen LogP contribution in [0.1, 0.15) is 32.4 Å². The Bertz CT molecular complexity index is 910. The van der Waals surface area contributed by atoms with Gasteiger partial charge < -0.3 is 9.30 Å². The molecule has 0 radical (unpaired) electrons. The van der Waals surface area contributed by atoms with E-state index in [-0.39, 0.29) is 17.7 Å². The number of rotatable bonds is 5. The molecule has 25 heavy (non-hydrogen) atoms. The van der Waals surface area contributed by atoms with Crippen LogP contribution in [0.2, 0.25) is 0 Å². The van der Waals surface area contributed by atoms with Crippen molar-refractivity contribution in [1.29, 1.82) is 0 Å². The van der Waals surface area contributed by atoms with E-state index in [1.165, 1.54) is 11.6 Å². The maximum Gasteiger partial charge on any atom is 0.254 e. The molecule has 0 aliphatic heterocycles. The summed E-state index contributed by atoms with van der Waals surface area (Å²) in [6, 6.07) is 11.9. The molecule has 0 bridgehead atoms. The van der Waals surface area contributed by atoms with Gasteiger partial charge in [-0.05, 0) is 26.3 Å². The molecule has 0 fully saturated rings. The molecule has 0 saturated heterocycles. The van der Waals surface area contributed by atoms with E-state index >= 15 is 0 Å². The summed E-state index contributed by atoms with van der Waals surface area (Å²) in [7, 11) is 1.74. The van der Waals surface area contributed by atoms with Crippen molar-refractivity contribution in [3.8, 4) is 16.9 Å². The van der Waals surface area contributed by atoms with Gasteiger partial charge in [-0.15, -0.1) is 0 Å². The Hall–Kier alpha value is -2.82. The van der Waals surface area contributed by atoms with E-state index in [4.69, 9.17) is 4.74 Å². The Morgan fingerprint density at radius 3 is 2.48 bits per heavy atom. The number of hydrogen-bond donors (Lipinski definition) is 0. The number of benzene rings is 1. The van der Waals surface area contributed by atoms with Crippen LogP contribution < -0.4 is 10.3 Å². The van der Waals surface area contributed by atoms with Crippen LogP contribution in [-0.4, -0.2) is 20.5 Å². The molecule has 0 spiro atoms. The number of pyridine rings is 1. The second-order valence-corrected chi connectivity index (χ2v) is 6.46. The third-order valence-corrected chi connectivity index (χ3v) is 4.14. The number of aromatic nitrogens is 3. The van der Waals surface area contributed by atoms with Crippen molar-refractivity contribution < 1.29 is 4.74 Å². The van der Waals surface area contributed by atoms with Crippen LogP contribution >= 0.6 is 0 Å². The van der Waals surface area contributed by atoms with Crippen LogP contribution in [0, 0.1) is 0 Å². The van der Waals surface area contributed by atoms with Crippen molar-refractivity contribution in [3.05, 3.63) is 70.9 Å². The maximum absolute atomic E-state index is 12.0. The minimum Gasteiger partial charge on any atom is -0.490 e. The summed E-state index contributed by atoms with van der Waals surface area (Å²) in [4.78, 5) is 12.0. The smallest absolute Gasteiger partial charge is 0.254 e. The molecule has 0 N–H and O–H groups in total. The average Bonchev–Trinajstić information content (AvgIpc) is 3.07. The topological polar surface area (TPSA) is 49.1 Å². The zero-order chi connectivity index (χ0) is 18.0. The second kappa shape index (κ2) is 6.97. The van der Waals surface area contributed by atoms with Gasteiger partial charge in [0, 0.05) is 36.6 Å². The molecule has 2 aromatic heterocycles. The van der Waals surface area contributed by atoms with Crippen molar-refractivity contribution in [1.82, 2.24) is 14.3 Å². The van der Waals surface area contributed by atoms with Gasteiger partial charge in [0.25, 0.3) is 5.56 Å². The number of hydrogen-bond acceptors (Lipinski definition) is 3. The van der Waals surface area contributed by atoms with Crippen LogP contribution in [0.5, 0.6) is 5.75 Å². The lowest BCUT2D eigenvalue weighted by molar-refractivity contribution is 0.242. The van der Waals surface area contributed by atoms with Crippen LogP contribution in [-0.2, 0) is 7.05 Å². The van der Waals surface area contributed by atoms with E-state index in [0.717, 1.165) is 11.1 Å². The number of ether oxygens (including phenoxy) is 1. The number of nitrogens with zero attached hydrogens (tertiary/aromatic N) is 3. The Morgan fingerprint density at radius 2 is 1.80 bits per heavy atom. The highest BCUT2D eigenvalue weighted by Gasteiger charge is 2.15. The monoisotopic (exact) mass is 337 g/mol. The Morgan fingerprint density at radius 1 is 1.08 bits per heavy atom. The Kier molecular flexibility index (Phi) is 4.74. The SMILES string of the molecule is CC(C)Oc1cc(=O)n(C)cc1-c1cnn(C(C)c2ccccc2)c1. The minimum atomic E-state index is -0.0931. The highest BCUT2D eigenvalue weighted by molar-refractivity contribution is 5.68. The Labute approximate surface area is 147 Å². The third-order valence-electron chi connectivity index (χ3n) is 4.14. The zero-order valence-corrected chi connectivity index (χ0v) is 15.0. The molecule has 1 unspecified atom stereocenters. The molecule has 0 aliphatic rings. The van der Waals surface area contributed by atoms with Gasteiger partial charge in [0.05, 0.1) is 18.3 Å². The number of aryl methyl sites for hydroxylation is 1. The zero-order valence-electron chi connectivity index (χ0n) is 15.0. The first-order chi connectivity index (χ1) is 12.0. The van der Waals surface area contributed by atoms with Gasteiger partial charge in [0.1, 0.15) is 5.75 Å². The lowest BCUT2D eigenvalue weighted by Crippen LogP contribution is -2.17. The third kappa shape index (κ3) is 3.65. The summed E-state index contributed by atoms with van der Waals surface area (Å²) in [5.74, 6) is 0.588. The van der Waals surface area contributed by atoms with Crippen molar-refractivity contribution in [2.24, 2.45) is 7.05 Å². The normalized spacial score (nSPS) is 12.4. The molecule has 0 aliphatic carbocycles. The highest BCUT2D eigenvalue weighted by atomic mass is 16.5. The minimum absolute atomic E-state index is 0.0101. The van der Waals surface area contributed by atoms with Crippen molar-refractivity contribution in [3.63, 3.8) is 0 Å². The van der Waals surface area contributed by atoms with Crippen LogP contribution in [0.25, 0.3) is 11.1 Å². The molecule has 5 heteroatoms. The summed E-state index contributed by atoms with van der Waals surface area (Å²) >= 11 is 0. The first-order valence-corrected chi connectivity index (χ1v) is 8.42. The molecular weight excluding hydrogens is 314 g/mol. The van der Waals surface area contributed by atoms with Gasteiger partial charge >= 0.3 is 0 Å². The fourth-order valence-electron chi connectivity index (χ4n) is 2.75. The standard InChI is InChI=1S/C20H23N3O2/c1-14(2)25-19-10-20(24)22(4)13-18(19)17-11-21-23(12-17)15(3)16-8-6-5-7-9-16/h5-15H,1-4H3. The molecule has 3 aromatic rings. The van der Waals surface area contributed by atoms with Crippen LogP contribution in [0.15, 0.2) is 59.8 Å². The van der Waals surface area contributed by atoms with Gasteiger partial charge in [0.2, 0.25) is 0 Å². The first-order valence-electron chi connectivity index (χ1n) is 8.42. The van der Waals surface area contributed by atoms with E-state index in [2.05, 4.69) is 24.2 Å². The molecule has 0 saturated carbocycles. The summed E-state index contributed by atoms with van der Waals surface area (Å²) < 4.78 is 9.32. The van der Waals surface area contributed by atoms with Gasteiger partial charge in [-0.1, -0.05) is 30.3 Å². The van der Waals surface area contributed by atoms with Crippen LogP contribution in [0.4, 0.5) is 0 Å². The first kappa shape index (κ1) is 17.0. The lowest BCUT2D eigenvalue weighted by Gasteiger charge is -2.14. The molecular formula is C20H23N3O2.